The summed E-state index contributed by atoms with van der Waals surface area (Å²) in [5.41, 5.74) is 2.45. The van der Waals surface area contributed by atoms with Crippen LogP contribution in [0.2, 0.25) is 5.15 Å². The van der Waals surface area contributed by atoms with E-state index in [0.717, 1.165) is 5.56 Å². The Hall–Kier alpha value is -2.14. The maximum atomic E-state index is 11.8. The molecule has 6 heteroatoms. The SMILES string of the molecule is Cc1cccc(NC(=O)Nc2nc(C)cc(Cl)n2)c1. The van der Waals surface area contributed by atoms with Crippen molar-refractivity contribution in [2.24, 2.45) is 0 Å². The Balaban J connectivity index is 2.05. The predicted molar refractivity (Wildman–Crippen MR) is 75.6 cm³/mol. The van der Waals surface area contributed by atoms with Gasteiger partial charge in [-0.3, -0.25) is 5.32 Å². The fourth-order valence-corrected chi connectivity index (χ4v) is 1.81. The lowest BCUT2D eigenvalue weighted by molar-refractivity contribution is 0.262. The number of nitrogens with zero attached hydrogens (tertiary/aromatic N) is 2. The Kier molecular flexibility index (Phi) is 3.97. The van der Waals surface area contributed by atoms with Gasteiger partial charge in [0.1, 0.15) is 5.15 Å². The van der Waals surface area contributed by atoms with Crippen molar-refractivity contribution in [1.29, 1.82) is 0 Å². The van der Waals surface area contributed by atoms with Crippen molar-refractivity contribution in [2.75, 3.05) is 10.6 Å². The molecule has 2 aromatic rings. The van der Waals surface area contributed by atoms with Crippen molar-refractivity contribution in [3.63, 3.8) is 0 Å². The van der Waals surface area contributed by atoms with E-state index >= 15 is 0 Å². The largest absolute Gasteiger partial charge is 0.326 e. The second kappa shape index (κ2) is 5.67. The molecule has 0 spiro atoms. The quantitative estimate of drug-likeness (QED) is 0.826. The first-order valence-electron chi connectivity index (χ1n) is 5.69. The highest BCUT2D eigenvalue weighted by Gasteiger charge is 2.06. The van der Waals surface area contributed by atoms with Crippen LogP contribution in [-0.4, -0.2) is 16.0 Å². The average Bonchev–Trinajstić information content (AvgIpc) is 2.26. The van der Waals surface area contributed by atoms with Gasteiger partial charge in [0, 0.05) is 11.4 Å². The third kappa shape index (κ3) is 3.93. The number of hydrogen-bond donors (Lipinski definition) is 2. The minimum absolute atomic E-state index is 0.176. The van der Waals surface area contributed by atoms with Crippen molar-refractivity contribution in [3.05, 3.63) is 46.7 Å². The van der Waals surface area contributed by atoms with E-state index in [1.807, 2.05) is 25.1 Å². The molecule has 0 radical (unpaired) electrons. The summed E-state index contributed by atoms with van der Waals surface area (Å²) in [7, 11) is 0. The Morgan fingerprint density at radius 1 is 1.16 bits per heavy atom. The number of anilines is 2. The van der Waals surface area contributed by atoms with Crippen molar-refractivity contribution in [1.82, 2.24) is 9.97 Å². The molecular formula is C13H13ClN4O. The number of hydrogen-bond acceptors (Lipinski definition) is 3. The fraction of sp³-hybridized carbons (Fsp3) is 0.154. The Bertz CT molecular complexity index is 595. The van der Waals surface area contributed by atoms with Crippen LogP contribution in [0.25, 0.3) is 0 Å². The van der Waals surface area contributed by atoms with Gasteiger partial charge in [-0.05, 0) is 37.6 Å². The van der Waals surface area contributed by atoms with Crippen LogP contribution in [0.15, 0.2) is 30.3 Å². The molecule has 19 heavy (non-hydrogen) atoms. The molecule has 2 rings (SSSR count). The highest BCUT2D eigenvalue weighted by molar-refractivity contribution is 6.29. The third-order valence-corrected chi connectivity index (χ3v) is 2.52. The predicted octanol–water partition coefficient (Wildman–Crippen LogP) is 3.39. The zero-order chi connectivity index (χ0) is 13.8. The van der Waals surface area contributed by atoms with E-state index in [4.69, 9.17) is 11.6 Å². The maximum absolute atomic E-state index is 11.8. The number of aromatic nitrogens is 2. The van der Waals surface area contributed by atoms with Gasteiger partial charge in [0.15, 0.2) is 0 Å². The van der Waals surface area contributed by atoms with Gasteiger partial charge in [0.2, 0.25) is 5.95 Å². The minimum atomic E-state index is -0.410. The Labute approximate surface area is 116 Å². The summed E-state index contributed by atoms with van der Waals surface area (Å²) in [5, 5.41) is 5.52. The van der Waals surface area contributed by atoms with Gasteiger partial charge in [-0.15, -0.1) is 0 Å². The Morgan fingerprint density at radius 2 is 1.95 bits per heavy atom. The highest BCUT2D eigenvalue weighted by atomic mass is 35.5. The third-order valence-electron chi connectivity index (χ3n) is 2.32. The monoisotopic (exact) mass is 276 g/mol. The molecular weight excluding hydrogens is 264 g/mol. The van der Waals surface area contributed by atoms with Crippen LogP contribution in [0.5, 0.6) is 0 Å². The smallest absolute Gasteiger partial charge is 0.308 e. The molecule has 1 aromatic heterocycles. The van der Waals surface area contributed by atoms with Gasteiger partial charge < -0.3 is 5.32 Å². The summed E-state index contributed by atoms with van der Waals surface area (Å²) >= 11 is 5.79. The molecule has 0 atom stereocenters. The average molecular weight is 277 g/mol. The van der Waals surface area contributed by atoms with E-state index in [1.54, 1.807) is 19.1 Å². The number of aryl methyl sites for hydroxylation is 2. The zero-order valence-electron chi connectivity index (χ0n) is 10.6. The van der Waals surface area contributed by atoms with E-state index in [2.05, 4.69) is 20.6 Å². The molecule has 5 nitrogen and oxygen atoms in total. The fourth-order valence-electron chi connectivity index (χ4n) is 1.57. The molecule has 1 heterocycles. The van der Waals surface area contributed by atoms with E-state index in [1.165, 1.54) is 0 Å². The number of urea groups is 1. The first kappa shape index (κ1) is 13.3. The topological polar surface area (TPSA) is 66.9 Å². The molecule has 0 fully saturated rings. The van der Waals surface area contributed by atoms with Crippen molar-refractivity contribution < 1.29 is 4.79 Å². The van der Waals surface area contributed by atoms with Crippen LogP contribution < -0.4 is 10.6 Å². The molecule has 0 aliphatic heterocycles. The van der Waals surface area contributed by atoms with Crippen LogP contribution in [0.3, 0.4) is 0 Å². The van der Waals surface area contributed by atoms with Crippen LogP contribution >= 0.6 is 11.6 Å². The number of halogens is 1. The van der Waals surface area contributed by atoms with Crippen LogP contribution in [-0.2, 0) is 0 Å². The number of rotatable bonds is 2. The lowest BCUT2D eigenvalue weighted by Crippen LogP contribution is -2.21. The molecule has 0 aliphatic rings. The van der Waals surface area contributed by atoms with E-state index in [-0.39, 0.29) is 5.95 Å². The summed E-state index contributed by atoms with van der Waals surface area (Å²) in [5.74, 6) is 0.176. The molecule has 0 unspecified atom stereocenters. The first-order chi connectivity index (χ1) is 9.02. The molecule has 2 N–H and O–H groups in total. The van der Waals surface area contributed by atoms with Crippen molar-refractivity contribution >= 4 is 29.3 Å². The van der Waals surface area contributed by atoms with Gasteiger partial charge in [-0.1, -0.05) is 23.7 Å². The summed E-state index contributed by atoms with van der Waals surface area (Å²) in [6.07, 6.45) is 0. The van der Waals surface area contributed by atoms with E-state index in [9.17, 15) is 4.79 Å². The van der Waals surface area contributed by atoms with Gasteiger partial charge in [0.25, 0.3) is 0 Å². The van der Waals surface area contributed by atoms with Crippen LogP contribution in [0.1, 0.15) is 11.3 Å². The van der Waals surface area contributed by atoms with Crippen LogP contribution in [0.4, 0.5) is 16.4 Å². The van der Waals surface area contributed by atoms with Crippen LogP contribution in [0, 0.1) is 13.8 Å². The standard InChI is InChI=1S/C13H13ClN4O/c1-8-4-3-5-10(6-8)16-13(19)18-12-15-9(2)7-11(14)17-12/h3-7H,1-2H3,(H2,15,16,17,18,19). The molecule has 0 aliphatic carbocycles. The van der Waals surface area contributed by atoms with E-state index < -0.39 is 6.03 Å². The molecule has 2 amide bonds. The Morgan fingerprint density at radius 3 is 2.63 bits per heavy atom. The molecule has 0 saturated heterocycles. The van der Waals surface area contributed by atoms with Gasteiger partial charge in [-0.25, -0.2) is 14.8 Å². The zero-order valence-corrected chi connectivity index (χ0v) is 11.3. The minimum Gasteiger partial charge on any atom is -0.308 e. The molecule has 1 aromatic carbocycles. The van der Waals surface area contributed by atoms with Crippen molar-refractivity contribution in [2.45, 2.75) is 13.8 Å². The van der Waals surface area contributed by atoms with E-state index in [0.29, 0.717) is 16.5 Å². The second-order valence-electron chi connectivity index (χ2n) is 4.10. The second-order valence-corrected chi connectivity index (χ2v) is 4.49. The molecule has 98 valence electrons. The summed E-state index contributed by atoms with van der Waals surface area (Å²) in [6, 6.07) is 8.69. The summed E-state index contributed by atoms with van der Waals surface area (Å²) in [4.78, 5) is 19.8. The number of carbonyl (C=O) groups excluding carboxylic acids is 1. The molecule has 0 bridgehead atoms. The lowest BCUT2D eigenvalue weighted by Gasteiger charge is -2.07. The highest BCUT2D eigenvalue weighted by Crippen LogP contribution is 2.12. The number of nitrogens with one attached hydrogen (secondary N) is 2. The normalized spacial score (nSPS) is 10.1. The number of benzene rings is 1. The molecule has 0 saturated carbocycles. The summed E-state index contributed by atoms with van der Waals surface area (Å²) in [6.45, 7) is 3.73. The van der Waals surface area contributed by atoms with Crippen molar-refractivity contribution in [3.8, 4) is 0 Å². The van der Waals surface area contributed by atoms with Gasteiger partial charge in [0.05, 0.1) is 0 Å². The summed E-state index contributed by atoms with van der Waals surface area (Å²) < 4.78 is 0. The number of amides is 2. The van der Waals surface area contributed by atoms with Gasteiger partial charge in [-0.2, -0.15) is 0 Å². The maximum Gasteiger partial charge on any atom is 0.326 e. The number of carbonyl (C=O) groups is 1. The van der Waals surface area contributed by atoms with Gasteiger partial charge >= 0.3 is 6.03 Å². The lowest BCUT2D eigenvalue weighted by atomic mass is 10.2. The first-order valence-corrected chi connectivity index (χ1v) is 6.06.